The highest BCUT2D eigenvalue weighted by Gasteiger charge is 2.23. The number of hydrogen-bond donors (Lipinski definition) is 1. The summed E-state index contributed by atoms with van der Waals surface area (Å²) in [7, 11) is 0. The van der Waals surface area contributed by atoms with Crippen LogP contribution in [0, 0.1) is 26.7 Å². The van der Waals surface area contributed by atoms with Gasteiger partial charge < -0.3 is 5.32 Å². The lowest BCUT2D eigenvalue weighted by molar-refractivity contribution is -0.126. The first kappa shape index (κ1) is 15.1. The maximum absolute atomic E-state index is 12.3. The van der Waals surface area contributed by atoms with Crippen LogP contribution in [0.25, 0.3) is 0 Å². The summed E-state index contributed by atoms with van der Waals surface area (Å²) in [5, 5.41) is 3.21. The molecule has 0 spiro atoms. The van der Waals surface area contributed by atoms with Crippen molar-refractivity contribution in [1.29, 1.82) is 0 Å². The molecule has 0 radical (unpaired) electrons. The van der Waals surface area contributed by atoms with E-state index in [2.05, 4.69) is 45.1 Å². The summed E-state index contributed by atoms with van der Waals surface area (Å²) in [6.45, 7) is 8.49. The summed E-state index contributed by atoms with van der Waals surface area (Å²) in [5.41, 5.74) is 5.13. The summed E-state index contributed by atoms with van der Waals surface area (Å²) in [6, 6.07) is 4.54. The zero-order valence-corrected chi connectivity index (χ0v) is 13.3. The Morgan fingerprint density at radius 2 is 1.65 bits per heavy atom. The molecule has 0 aromatic heterocycles. The Balaban J connectivity index is 2.05. The minimum absolute atomic E-state index is 0.101. The molecule has 1 fully saturated rings. The lowest BCUT2D eigenvalue weighted by Crippen LogP contribution is -2.34. The minimum Gasteiger partial charge on any atom is -0.349 e. The number of aryl methyl sites for hydroxylation is 3. The molecule has 1 aliphatic carbocycles. The molecule has 1 aliphatic rings. The maximum atomic E-state index is 12.3. The van der Waals surface area contributed by atoms with Crippen molar-refractivity contribution in [2.45, 2.75) is 65.8 Å². The Hall–Kier alpha value is -1.31. The molecule has 0 saturated heterocycles. The highest BCUT2D eigenvalue weighted by molar-refractivity contribution is 5.79. The third-order valence-electron chi connectivity index (χ3n) is 4.68. The average molecular weight is 273 g/mol. The van der Waals surface area contributed by atoms with Gasteiger partial charge in [-0.3, -0.25) is 4.79 Å². The van der Waals surface area contributed by atoms with Crippen LogP contribution in [0.1, 0.15) is 67.3 Å². The molecule has 0 unspecified atom stereocenters. The SMILES string of the molecule is Cc1cc(C)c([C@@H](C)NC(=O)C2CCCCC2)cc1C. The van der Waals surface area contributed by atoms with Crippen LogP contribution in [0.5, 0.6) is 0 Å². The Labute approximate surface area is 123 Å². The van der Waals surface area contributed by atoms with Crippen LogP contribution >= 0.6 is 0 Å². The van der Waals surface area contributed by atoms with Crippen molar-refractivity contribution in [2.75, 3.05) is 0 Å². The monoisotopic (exact) mass is 273 g/mol. The normalized spacial score (nSPS) is 17.8. The second-order valence-electron chi connectivity index (χ2n) is 6.36. The van der Waals surface area contributed by atoms with Crippen LogP contribution in [-0.4, -0.2) is 5.91 Å². The molecule has 0 aliphatic heterocycles. The molecule has 2 rings (SSSR count). The van der Waals surface area contributed by atoms with Gasteiger partial charge in [-0.1, -0.05) is 31.4 Å². The summed E-state index contributed by atoms with van der Waals surface area (Å²) >= 11 is 0. The maximum Gasteiger partial charge on any atom is 0.223 e. The third kappa shape index (κ3) is 3.41. The van der Waals surface area contributed by atoms with Gasteiger partial charge in [0.25, 0.3) is 0 Å². The van der Waals surface area contributed by atoms with Crippen molar-refractivity contribution in [1.82, 2.24) is 5.32 Å². The van der Waals surface area contributed by atoms with E-state index in [1.165, 1.54) is 41.5 Å². The molecule has 1 amide bonds. The van der Waals surface area contributed by atoms with E-state index in [9.17, 15) is 4.79 Å². The van der Waals surface area contributed by atoms with Crippen LogP contribution in [0.2, 0.25) is 0 Å². The second kappa shape index (κ2) is 6.43. The van der Waals surface area contributed by atoms with Crippen molar-refractivity contribution in [3.63, 3.8) is 0 Å². The quantitative estimate of drug-likeness (QED) is 0.870. The standard InChI is InChI=1S/C18H27NO/c1-12-10-14(3)17(11-13(12)2)15(4)19-18(20)16-8-6-5-7-9-16/h10-11,15-16H,5-9H2,1-4H3,(H,19,20)/t15-/m1/s1. The highest BCUT2D eigenvalue weighted by Crippen LogP contribution is 2.26. The van der Waals surface area contributed by atoms with Gasteiger partial charge in [-0.15, -0.1) is 0 Å². The molecule has 1 saturated carbocycles. The average Bonchev–Trinajstić information content (AvgIpc) is 2.43. The van der Waals surface area contributed by atoms with E-state index in [1.807, 2.05) is 0 Å². The fourth-order valence-electron chi connectivity index (χ4n) is 3.22. The Kier molecular flexibility index (Phi) is 4.85. The second-order valence-corrected chi connectivity index (χ2v) is 6.36. The molecule has 2 nitrogen and oxygen atoms in total. The Bertz CT molecular complexity index is 486. The zero-order valence-electron chi connectivity index (χ0n) is 13.3. The molecule has 1 N–H and O–H groups in total. The number of carbonyl (C=O) groups is 1. The first-order chi connectivity index (χ1) is 9.49. The largest absolute Gasteiger partial charge is 0.349 e. The molecule has 1 aromatic rings. The molecule has 0 bridgehead atoms. The predicted molar refractivity (Wildman–Crippen MR) is 83.8 cm³/mol. The smallest absolute Gasteiger partial charge is 0.223 e. The summed E-state index contributed by atoms with van der Waals surface area (Å²) in [4.78, 5) is 12.3. The Morgan fingerprint density at radius 1 is 1.05 bits per heavy atom. The lowest BCUT2D eigenvalue weighted by atomic mass is 9.88. The molecule has 2 heteroatoms. The molecule has 20 heavy (non-hydrogen) atoms. The number of rotatable bonds is 3. The fourth-order valence-corrected chi connectivity index (χ4v) is 3.22. The molecule has 110 valence electrons. The van der Waals surface area contributed by atoms with Crippen LogP contribution in [-0.2, 0) is 4.79 Å². The van der Waals surface area contributed by atoms with Crippen molar-refractivity contribution >= 4 is 5.91 Å². The number of carbonyl (C=O) groups excluding carboxylic acids is 1. The van der Waals surface area contributed by atoms with Gasteiger partial charge in [0.2, 0.25) is 5.91 Å². The van der Waals surface area contributed by atoms with Gasteiger partial charge in [0.05, 0.1) is 6.04 Å². The number of nitrogens with one attached hydrogen (secondary N) is 1. The zero-order chi connectivity index (χ0) is 14.7. The molecular formula is C18H27NO. The number of hydrogen-bond acceptors (Lipinski definition) is 1. The van der Waals surface area contributed by atoms with Crippen LogP contribution < -0.4 is 5.32 Å². The number of benzene rings is 1. The minimum atomic E-state index is 0.101. The van der Waals surface area contributed by atoms with Crippen LogP contribution in [0.4, 0.5) is 0 Å². The van der Waals surface area contributed by atoms with Crippen molar-refractivity contribution in [3.8, 4) is 0 Å². The van der Waals surface area contributed by atoms with Gasteiger partial charge >= 0.3 is 0 Å². The molecule has 0 heterocycles. The first-order valence-electron chi connectivity index (χ1n) is 7.87. The van der Waals surface area contributed by atoms with Crippen LogP contribution in [0.15, 0.2) is 12.1 Å². The van der Waals surface area contributed by atoms with Crippen molar-refractivity contribution < 1.29 is 4.79 Å². The Morgan fingerprint density at radius 3 is 2.30 bits per heavy atom. The van der Waals surface area contributed by atoms with Gasteiger partial charge in [0.1, 0.15) is 0 Å². The fraction of sp³-hybridized carbons (Fsp3) is 0.611. The topological polar surface area (TPSA) is 29.1 Å². The van der Waals surface area contributed by atoms with Gasteiger partial charge in [-0.2, -0.15) is 0 Å². The van der Waals surface area contributed by atoms with Crippen molar-refractivity contribution in [2.24, 2.45) is 5.92 Å². The predicted octanol–water partition coefficient (Wildman–Crippen LogP) is 4.37. The molecular weight excluding hydrogens is 246 g/mol. The van der Waals surface area contributed by atoms with Gasteiger partial charge in [0, 0.05) is 5.92 Å². The van der Waals surface area contributed by atoms with Crippen molar-refractivity contribution in [3.05, 3.63) is 34.4 Å². The van der Waals surface area contributed by atoms with Gasteiger partial charge in [-0.05, 0) is 62.8 Å². The summed E-state index contributed by atoms with van der Waals surface area (Å²) in [6.07, 6.45) is 5.81. The molecule has 1 atom stereocenters. The number of amides is 1. The van der Waals surface area contributed by atoms with Gasteiger partial charge in [0.15, 0.2) is 0 Å². The van der Waals surface area contributed by atoms with Crippen LogP contribution in [0.3, 0.4) is 0 Å². The lowest BCUT2D eigenvalue weighted by Gasteiger charge is -2.24. The summed E-state index contributed by atoms with van der Waals surface area (Å²) in [5.74, 6) is 0.480. The first-order valence-corrected chi connectivity index (χ1v) is 7.87. The summed E-state index contributed by atoms with van der Waals surface area (Å²) < 4.78 is 0. The van der Waals surface area contributed by atoms with Gasteiger partial charge in [-0.25, -0.2) is 0 Å². The molecule has 1 aromatic carbocycles. The van der Waals surface area contributed by atoms with E-state index in [0.717, 1.165) is 12.8 Å². The third-order valence-corrected chi connectivity index (χ3v) is 4.68. The van der Waals surface area contributed by atoms with E-state index in [1.54, 1.807) is 0 Å². The van der Waals surface area contributed by atoms with E-state index in [0.29, 0.717) is 0 Å². The highest BCUT2D eigenvalue weighted by atomic mass is 16.1. The van der Waals surface area contributed by atoms with E-state index in [-0.39, 0.29) is 17.9 Å². The van der Waals surface area contributed by atoms with E-state index < -0.39 is 0 Å². The van der Waals surface area contributed by atoms with E-state index in [4.69, 9.17) is 0 Å². The van der Waals surface area contributed by atoms with E-state index >= 15 is 0 Å².